The number of aromatic nitrogens is 5. The fourth-order valence-electron chi connectivity index (χ4n) is 5.91. The Morgan fingerprint density at radius 1 is 1.21 bits per heavy atom. The van der Waals surface area contributed by atoms with Crippen LogP contribution in [0.1, 0.15) is 12.8 Å². The van der Waals surface area contributed by atoms with Crippen molar-refractivity contribution in [2.75, 3.05) is 76.2 Å². The molecule has 0 saturated carbocycles. The number of hydrogen-bond acceptors (Lipinski definition) is 10. The molecule has 0 aromatic carbocycles. The zero-order chi connectivity index (χ0) is 27.0. The lowest BCUT2D eigenvalue weighted by molar-refractivity contribution is -0.133. The summed E-state index contributed by atoms with van der Waals surface area (Å²) in [5, 5.41) is 21.4. The van der Waals surface area contributed by atoms with Crippen LogP contribution in [-0.2, 0) is 11.3 Å². The van der Waals surface area contributed by atoms with Gasteiger partial charge >= 0.3 is 0 Å². The smallest absolute Gasteiger partial charge is 0.247 e. The van der Waals surface area contributed by atoms with Gasteiger partial charge in [-0.05, 0) is 32.0 Å². The van der Waals surface area contributed by atoms with Gasteiger partial charge in [0.25, 0.3) is 0 Å². The lowest BCUT2D eigenvalue weighted by atomic mass is 9.84. The fourth-order valence-corrected chi connectivity index (χ4v) is 5.91. The molecule has 3 saturated heterocycles. The third-order valence-corrected chi connectivity index (χ3v) is 8.42. The highest BCUT2D eigenvalue weighted by Gasteiger charge is 2.48. The van der Waals surface area contributed by atoms with Crippen LogP contribution in [0.25, 0.3) is 5.65 Å². The van der Waals surface area contributed by atoms with Gasteiger partial charge in [-0.3, -0.25) is 14.4 Å². The lowest BCUT2D eigenvalue weighted by Crippen LogP contribution is -2.74. The van der Waals surface area contributed by atoms with Gasteiger partial charge in [-0.2, -0.15) is 15.3 Å². The van der Waals surface area contributed by atoms with Crippen LogP contribution in [-0.4, -0.2) is 116 Å². The van der Waals surface area contributed by atoms with E-state index in [1.807, 2.05) is 17.2 Å². The molecule has 6 rings (SSSR count). The SMILES string of the molecule is CN1CCN(C(=O)Cn2cc(Nc3nc4c(N5CC(CN)(N6CCC(C#N)CC6)C5)cccn4n3)cn2)CC1. The second kappa shape index (κ2) is 10.4. The third-order valence-electron chi connectivity index (χ3n) is 8.42. The van der Waals surface area contributed by atoms with E-state index in [1.165, 1.54) is 0 Å². The van der Waals surface area contributed by atoms with Crippen molar-refractivity contribution in [2.45, 2.75) is 24.9 Å². The summed E-state index contributed by atoms with van der Waals surface area (Å²) in [6.45, 7) is 7.56. The molecule has 1 amide bonds. The van der Waals surface area contributed by atoms with Crippen LogP contribution in [0.3, 0.4) is 0 Å². The van der Waals surface area contributed by atoms with E-state index in [-0.39, 0.29) is 23.9 Å². The van der Waals surface area contributed by atoms with E-state index in [0.717, 1.165) is 82.2 Å². The van der Waals surface area contributed by atoms with Crippen LogP contribution >= 0.6 is 0 Å². The number of hydrogen-bond donors (Lipinski definition) is 2. The second-order valence-electron chi connectivity index (χ2n) is 11.0. The number of carbonyl (C=O) groups is 1. The number of fused-ring (bicyclic) bond motifs is 1. The van der Waals surface area contributed by atoms with Gasteiger partial charge in [0.2, 0.25) is 11.9 Å². The second-order valence-corrected chi connectivity index (χ2v) is 11.0. The maximum Gasteiger partial charge on any atom is 0.247 e. The molecule has 0 bridgehead atoms. The lowest BCUT2D eigenvalue weighted by Gasteiger charge is -2.57. The van der Waals surface area contributed by atoms with Crippen LogP contribution in [0.5, 0.6) is 0 Å². The predicted molar refractivity (Wildman–Crippen MR) is 146 cm³/mol. The number of likely N-dealkylation sites (tertiary alicyclic amines) is 1. The molecule has 3 fully saturated rings. The van der Waals surface area contributed by atoms with Gasteiger partial charge in [-0.1, -0.05) is 0 Å². The van der Waals surface area contributed by atoms with Gasteiger partial charge in [-0.25, -0.2) is 4.52 Å². The van der Waals surface area contributed by atoms with E-state index >= 15 is 0 Å². The molecule has 0 atom stereocenters. The number of rotatable bonds is 7. The molecule has 0 spiro atoms. The van der Waals surface area contributed by atoms with Gasteiger partial charge in [0.15, 0.2) is 5.65 Å². The van der Waals surface area contributed by atoms with E-state index in [1.54, 1.807) is 21.6 Å². The number of carbonyl (C=O) groups excluding carboxylic acids is 1. The Morgan fingerprint density at radius 2 is 1.97 bits per heavy atom. The van der Waals surface area contributed by atoms with Gasteiger partial charge in [0, 0.05) is 77.2 Å². The molecule has 3 aromatic rings. The molecule has 13 nitrogen and oxygen atoms in total. The predicted octanol–water partition coefficient (Wildman–Crippen LogP) is 0.196. The van der Waals surface area contributed by atoms with Crippen LogP contribution in [0.4, 0.5) is 17.3 Å². The van der Waals surface area contributed by atoms with Crippen molar-refractivity contribution >= 4 is 28.9 Å². The van der Waals surface area contributed by atoms with E-state index in [2.05, 4.69) is 49.4 Å². The van der Waals surface area contributed by atoms with E-state index in [0.29, 0.717) is 12.5 Å². The zero-order valence-corrected chi connectivity index (χ0v) is 22.4. The first kappa shape index (κ1) is 25.5. The van der Waals surface area contributed by atoms with Crippen molar-refractivity contribution in [3.05, 3.63) is 30.7 Å². The molecule has 3 aliphatic rings. The number of nitrogens with zero attached hydrogens (tertiary/aromatic N) is 10. The Balaban J connectivity index is 1.10. The Labute approximate surface area is 227 Å². The highest BCUT2D eigenvalue weighted by Crippen LogP contribution is 2.36. The minimum Gasteiger partial charge on any atom is -0.365 e. The monoisotopic (exact) mass is 532 g/mol. The highest BCUT2D eigenvalue weighted by atomic mass is 16.2. The zero-order valence-electron chi connectivity index (χ0n) is 22.4. The molecule has 13 heteroatoms. The molecule has 3 aliphatic heterocycles. The summed E-state index contributed by atoms with van der Waals surface area (Å²) in [6, 6.07) is 6.46. The average Bonchev–Trinajstić information content (AvgIpc) is 3.55. The number of nitrogens with one attached hydrogen (secondary N) is 1. The summed E-state index contributed by atoms with van der Waals surface area (Å²) < 4.78 is 3.43. The Bertz CT molecular complexity index is 1350. The molecule has 3 N–H and O–H groups in total. The quantitative estimate of drug-likeness (QED) is 0.434. The number of pyridine rings is 1. The van der Waals surface area contributed by atoms with E-state index in [4.69, 9.17) is 10.7 Å². The molecule has 0 radical (unpaired) electrons. The summed E-state index contributed by atoms with van der Waals surface area (Å²) in [4.78, 5) is 26.3. The molecular formula is C26H36N12O. The van der Waals surface area contributed by atoms with Crippen LogP contribution in [0, 0.1) is 17.2 Å². The largest absolute Gasteiger partial charge is 0.365 e. The maximum atomic E-state index is 12.7. The number of likely N-dealkylation sites (N-methyl/N-ethyl adjacent to an activating group) is 1. The van der Waals surface area contributed by atoms with Crippen LogP contribution < -0.4 is 16.0 Å². The van der Waals surface area contributed by atoms with Crippen molar-refractivity contribution in [3.8, 4) is 6.07 Å². The summed E-state index contributed by atoms with van der Waals surface area (Å²) in [6.07, 6.45) is 7.20. The summed E-state index contributed by atoms with van der Waals surface area (Å²) >= 11 is 0. The van der Waals surface area contributed by atoms with Gasteiger partial charge in [-0.15, -0.1) is 5.10 Å². The molecule has 0 aliphatic carbocycles. The van der Waals surface area contributed by atoms with Crippen LogP contribution in [0.2, 0.25) is 0 Å². The number of piperazine rings is 1. The maximum absolute atomic E-state index is 12.7. The Morgan fingerprint density at radius 3 is 2.69 bits per heavy atom. The standard InChI is InChI=1S/C26H36N12O/c1-33-9-11-34(12-10-33)23(39)16-37-15-21(14-29-37)30-25-31-24-22(3-2-6-38(24)32-25)35-18-26(17-28,19-35)36-7-4-20(13-27)5-8-36/h2-3,6,14-15,20H,4-5,7-12,16-19,28H2,1H3,(H,30,32). The number of nitriles is 1. The van der Waals surface area contributed by atoms with Gasteiger partial charge in [0.05, 0.1) is 29.2 Å². The number of piperidine rings is 1. The first-order valence-corrected chi connectivity index (χ1v) is 13.7. The molecule has 39 heavy (non-hydrogen) atoms. The summed E-state index contributed by atoms with van der Waals surface area (Å²) in [5.41, 5.74) is 8.73. The van der Waals surface area contributed by atoms with Crippen molar-refractivity contribution in [2.24, 2.45) is 11.7 Å². The minimum atomic E-state index is -0.0650. The molecule has 6 heterocycles. The number of amides is 1. The Kier molecular flexibility index (Phi) is 6.84. The molecular weight excluding hydrogens is 496 g/mol. The van der Waals surface area contributed by atoms with Crippen molar-refractivity contribution in [1.29, 1.82) is 5.26 Å². The third kappa shape index (κ3) is 5.03. The first-order chi connectivity index (χ1) is 19.0. The summed E-state index contributed by atoms with van der Waals surface area (Å²) in [7, 11) is 2.07. The molecule has 0 unspecified atom stereocenters. The molecule has 206 valence electrons. The van der Waals surface area contributed by atoms with Gasteiger partial charge in [0.1, 0.15) is 6.54 Å². The summed E-state index contributed by atoms with van der Waals surface area (Å²) in [5.74, 6) is 0.704. The molecule has 3 aromatic heterocycles. The average molecular weight is 533 g/mol. The highest BCUT2D eigenvalue weighted by molar-refractivity contribution is 5.76. The van der Waals surface area contributed by atoms with Crippen molar-refractivity contribution < 1.29 is 4.79 Å². The van der Waals surface area contributed by atoms with E-state index < -0.39 is 0 Å². The fraction of sp³-hybridized carbons (Fsp3) is 0.577. The van der Waals surface area contributed by atoms with Crippen LogP contribution in [0.15, 0.2) is 30.7 Å². The normalized spacial score (nSPS) is 20.6. The van der Waals surface area contributed by atoms with E-state index in [9.17, 15) is 10.1 Å². The Hall–Kier alpha value is -3.73. The minimum absolute atomic E-state index is 0.0650. The van der Waals surface area contributed by atoms with Crippen molar-refractivity contribution in [1.82, 2.24) is 39.1 Å². The first-order valence-electron chi connectivity index (χ1n) is 13.7. The van der Waals surface area contributed by atoms with Crippen molar-refractivity contribution in [3.63, 3.8) is 0 Å². The number of anilines is 3. The van der Waals surface area contributed by atoms with Gasteiger partial charge < -0.3 is 25.8 Å². The topological polar surface area (TPSA) is 140 Å². The number of nitrogens with two attached hydrogens (primary N) is 1.